The third kappa shape index (κ3) is 2.09. The number of halogens is 1. The SMILES string of the molecule is COC(=O)c1cc(F)c(C=O)nc1OC. The van der Waals surface area contributed by atoms with Crippen molar-refractivity contribution in [2.24, 2.45) is 0 Å². The van der Waals surface area contributed by atoms with E-state index < -0.39 is 17.5 Å². The minimum Gasteiger partial charge on any atom is -0.480 e. The van der Waals surface area contributed by atoms with E-state index in [-0.39, 0.29) is 17.7 Å². The van der Waals surface area contributed by atoms with Gasteiger partial charge >= 0.3 is 5.97 Å². The molecular formula is C9H8FNO4. The van der Waals surface area contributed by atoms with Crippen LogP contribution in [0.1, 0.15) is 20.8 Å². The highest BCUT2D eigenvalue weighted by atomic mass is 19.1. The lowest BCUT2D eigenvalue weighted by atomic mass is 10.2. The molecule has 15 heavy (non-hydrogen) atoms. The van der Waals surface area contributed by atoms with Gasteiger partial charge in [0, 0.05) is 0 Å². The molecule has 0 bridgehead atoms. The van der Waals surface area contributed by atoms with Gasteiger partial charge in [-0.2, -0.15) is 0 Å². The van der Waals surface area contributed by atoms with Crippen LogP contribution in [0, 0.1) is 5.82 Å². The molecule has 6 heteroatoms. The number of methoxy groups -OCH3 is 2. The van der Waals surface area contributed by atoms with Crippen molar-refractivity contribution in [3.05, 3.63) is 23.1 Å². The smallest absolute Gasteiger partial charge is 0.343 e. The van der Waals surface area contributed by atoms with Gasteiger partial charge in [0.15, 0.2) is 12.1 Å². The monoisotopic (exact) mass is 213 g/mol. The lowest BCUT2D eigenvalue weighted by molar-refractivity contribution is 0.0595. The maximum atomic E-state index is 13.1. The molecule has 0 aliphatic rings. The number of hydrogen-bond donors (Lipinski definition) is 0. The third-order valence-corrected chi connectivity index (χ3v) is 1.68. The third-order valence-electron chi connectivity index (χ3n) is 1.68. The van der Waals surface area contributed by atoms with Crippen LogP contribution >= 0.6 is 0 Å². The second kappa shape index (κ2) is 4.50. The average Bonchev–Trinajstić information content (AvgIpc) is 2.27. The molecule has 0 radical (unpaired) electrons. The number of esters is 1. The highest BCUT2D eigenvalue weighted by Gasteiger charge is 2.18. The molecule has 0 saturated carbocycles. The quantitative estimate of drug-likeness (QED) is 0.549. The Hall–Kier alpha value is -1.98. The predicted octanol–water partition coefficient (Wildman–Crippen LogP) is 0.828. The number of nitrogens with zero attached hydrogens (tertiary/aromatic N) is 1. The Morgan fingerprint density at radius 2 is 2.20 bits per heavy atom. The lowest BCUT2D eigenvalue weighted by Crippen LogP contribution is -2.08. The summed E-state index contributed by atoms with van der Waals surface area (Å²) < 4.78 is 22.2. The summed E-state index contributed by atoms with van der Waals surface area (Å²) >= 11 is 0. The summed E-state index contributed by atoms with van der Waals surface area (Å²) in [7, 11) is 2.40. The second-order valence-electron chi connectivity index (χ2n) is 2.52. The van der Waals surface area contributed by atoms with E-state index in [2.05, 4.69) is 9.72 Å². The van der Waals surface area contributed by atoms with Gasteiger partial charge in [0.05, 0.1) is 14.2 Å². The number of aromatic nitrogens is 1. The molecule has 5 nitrogen and oxygen atoms in total. The first-order valence-corrected chi connectivity index (χ1v) is 3.92. The largest absolute Gasteiger partial charge is 0.480 e. The molecule has 0 fully saturated rings. The van der Waals surface area contributed by atoms with Gasteiger partial charge in [-0.25, -0.2) is 14.2 Å². The molecule has 0 aliphatic carbocycles. The molecule has 0 aliphatic heterocycles. The van der Waals surface area contributed by atoms with Crippen LogP contribution in [0.3, 0.4) is 0 Å². The number of ether oxygens (including phenoxy) is 2. The molecule has 0 amide bonds. The van der Waals surface area contributed by atoms with E-state index in [4.69, 9.17) is 4.74 Å². The zero-order valence-corrected chi connectivity index (χ0v) is 8.11. The van der Waals surface area contributed by atoms with Crippen LogP contribution < -0.4 is 4.74 Å². The first kappa shape index (κ1) is 11.1. The van der Waals surface area contributed by atoms with Crippen LogP contribution in [0.15, 0.2) is 6.07 Å². The number of carbonyl (C=O) groups excluding carboxylic acids is 2. The molecule has 0 unspecified atom stereocenters. The molecule has 0 saturated heterocycles. The van der Waals surface area contributed by atoms with Gasteiger partial charge in [0.25, 0.3) is 0 Å². The summed E-state index contributed by atoms with van der Waals surface area (Å²) in [5.41, 5.74) is -0.581. The molecule has 80 valence electrons. The number of rotatable bonds is 3. The van der Waals surface area contributed by atoms with Gasteiger partial charge in [-0.1, -0.05) is 0 Å². The molecule has 0 aromatic carbocycles. The highest BCUT2D eigenvalue weighted by Crippen LogP contribution is 2.18. The van der Waals surface area contributed by atoms with Crippen molar-refractivity contribution in [1.82, 2.24) is 4.98 Å². The van der Waals surface area contributed by atoms with Crippen LogP contribution in [0.2, 0.25) is 0 Å². The van der Waals surface area contributed by atoms with Crippen molar-refractivity contribution >= 4 is 12.3 Å². The van der Waals surface area contributed by atoms with E-state index in [1.807, 2.05) is 0 Å². The molecule has 1 heterocycles. The van der Waals surface area contributed by atoms with Crippen LogP contribution in [-0.4, -0.2) is 31.5 Å². The van der Waals surface area contributed by atoms with Gasteiger partial charge in [0.2, 0.25) is 5.88 Å². The van der Waals surface area contributed by atoms with Crippen molar-refractivity contribution in [1.29, 1.82) is 0 Å². The minimum absolute atomic E-state index is 0.148. The van der Waals surface area contributed by atoms with Crippen LogP contribution in [0.5, 0.6) is 5.88 Å². The van der Waals surface area contributed by atoms with Gasteiger partial charge in [-0.05, 0) is 6.07 Å². The summed E-state index contributed by atoms with van der Waals surface area (Å²) in [5, 5.41) is 0. The average molecular weight is 213 g/mol. The minimum atomic E-state index is -0.897. The van der Waals surface area contributed by atoms with E-state index >= 15 is 0 Å². The number of hydrogen-bond acceptors (Lipinski definition) is 5. The molecule has 0 N–H and O–H groups in total. The predicted molar refractivity (Wildman–Crippen MR) is 47.5 cm³/mol. The van der Waals surface area contributed by atoms with Crippen LogP contribution in [0.4, 0.5) is 4.39 Å². The van der Waals surface area contributed by atoms with E-state index in [0.717, 1.165) is 13.2 Å². The summed E-state index contributed by atoms with van der Waals surface area (Å²) in [6, 6.07) is 0.849. The van der Waals surface area contributed by atoms with Crippen LogP contribution in [0.25, 0.3) is 0 Å². The van der Waals surface area contributed by atoms with Gasteiger partial charge in [0.1, 0.15) is 11.3 Å². The Morgan fingerprint density at radius 3 is 2.67 bits per heavy atom. The Morgan fingerprint density at radius 1 is 1.53 bits per heavy atom. The Labute approximate surface area is 84.8 Å². The molecule has 1 aromatic heterocycles. The van der Waals surface area contributed by atoms with Crippen molar-refractivity contribution < 1.29 is 23.5 Å². The standard InChI is InChI=1S/C9H8FNO4/c1-14-8-5(9(13)15-2)3-6(10)7(4-12)11-8/h3-4H,1-2H3. The number of carbonyl (C=O) groups is 2. The highest BCUT2D eigenvalue weighted by molar-refractivity contribution is 5.92. The van der Waals surface area contributed by atoms with E-state index in [0.29, 0.717) is 0 Å². The van der Waals surface area contributed by atoms with Crippen molar-refractivity contribution in [2.45, 2.75) is 0 Å². The fourth-order valence-electron chi connectivity index (χ4n) is 0.980. The number of pyridine rings is 1. The molecular weight excluding hydrogens is 205 g/mol. The topological polar surface area (TPSA) is 65.5 Å². The fraction of sp³-hybridized carbons (Fsp3) is 0.222. The molecule has 1 rings (SSSR count). The van der Waals surface area contributed by atoms with Gasteiger partial charge in [-0.15, -0.1) is 0 Å². The maximum absolute atomic E-state index is 13.1. The van der Waals surface area contributed by atoms with Gasteiger partial charge in [-0.3, -0.25) is 4.79 Å². The second-order valence-corrected chi connectivity index (χ2v) is 2.52. The molecule has 0 atom stereocenters. The molecule has 1 aromatic rings. The first-order valence-electron chi connectivity index (χ1n) is 3.92. The molecule has 0 spiro atoms. The van der Waals surface area contributed by atoms with E-state index in [1.54, 1.807) is 0 Å². The summed E-state index contributed by atoms with van der Waals surface area (Å²) in [4.78, 5) is 25.0. The lowest BCUT2D eigenvalue weighted by Gasteiger charge is -2.06. The summed E-state index contributed by atoms with van der Waals surface area (Å²) in [5.74, 6) is -1.83. The van der Waals surface area contributed by atoms with E-state index in [9.17, 15) is 14.0 Å². The van der Waals surface area contributed by atoms with Crippen molar-refractivity contribution in [3.8, 4) is 5.88 Å². The van der Waals surface area contributed by atoms with Crippen molar-refractivity contribution in [2.75, 3.05) is 14.2 Å². The van der Waals surface area contributed by atoms with Crippen LogP contribution in [-0.2, 0) is 4.74 Å². The zero-order valence-electron chi connectivity index (χ0n) is 8.11. The zero-order chi connectivity index (χ0) is 11.4. The Kier molecular flexibility index (Phi) is 3.33. The van der Waals surface area contributed by atoms with Crippen molar-refractivity contribution in [3.63, 3.8) is 0 Å². The Bertz CT molecular complexity index is 405. The fourth-order valence-corrected chi connectivity index (χ4v) is 0.980. The van der Waals surface area contributed by atoms with E-state index in [1.165, 1.54) is 7.11 Å². The summed E-state index contributed by atoms with van der Waals surface area (Å²) in [6.07, 6.45) is 0.235. The summed E-state index contributed by atoms with van der Waals surface area (Å²) in [6.45, 7) is 0. The number of aldehydes is 1. The van der Waals surface area contributed by atoms with Gasteiger partial charge < -0.3 is 9.47 Å². The Balaban J connectivity index is 3.33. The normalized spacial score (nSPS) is 9.53. The first-order chi connectivity index (χ1) is 7.13. The maximum Gasteiger partial charge on any atom is 0.343 e.